The van der Waals surface area contributed by atoms with Crippen molar-refractivity contribution in [2.24, 2.45) is 0 Å². The molecule has 0 aliphatic rings. The van der Waals surface area contributed by atoms with E-state index in [0.717, 1.165) is 0 Å². The van der Waals surface area contributed by atoms with Crippen LogP contribution in [0.3, 0.4) is 0 Å². The van der Waals surface area contributed by atoms with Crippen LogP contribution in [0, 0.1) is 0 Å². The topological polar surface area (TPSA) is 37.3 Å². The van der Waals surface area contributed by atoms with Gasteiger partial charge in [0.15, 0.2) is 0 Å². The monoisotopic (exact) mass is 236 g/mol. The molecule has 0 aromatic heterocycles. The van der Waals surface area contributed by atoms with Gasteiger partial charge >= 0.3 is 11.9 Å². The first-order valence-electron chi connectivity index (χ1n) is 1.68. The number of hydrogen-bond donors (Lipinski definition) is 1. The van der Waals surface area contributed by atoms with Gasteiger partial charge in [0.1, 0.15) is 0 Å². The SMILES string of the molecule is O=C(O)C(F)(F)CI. The van der Waals surface area contributed by atoms with E-state index in [4.69, 9.17) is 5.11 Å². The van der Waals surface area contributed by atoms with Gasteiger partial charge < -0.3 is 5.11 Å². The van der Waals surface area contributed by atoms with Gasteiger partial charge in [-0.15, -0.1) is 0 Å². The van der Waals surface area contributed by atoms with Crippen molar-refractivity contribution in [3.05, 3.63) is 0 Å². The zero-order valence-corrected chi connectivity index (χ0v) is 5.85. The van der Waals surface area contributed by atoms with Crippen LogP contribution in [-0.2, 0) is 4.79 Å². The molecule has 0 heterocycles. The molecular formula is C3H3F2IO2. The Kier molecular flexibility index (Phi) is 2.58. The molecule has 0 saturated carbocycles. The third kappa shape index (κ3) is 1.89. The first-order valence-corrected chi connectivity index (χ1v) is 3.20. The van der Waals surface area contributed by atoms with Gasteiger partial charge in [-0.1, -0.05) is 22.6 Å². The molecule has 48 valence electrons. The maximum absolute atomic E-state index is 11.7. The lowest BCUT2D eigenvalue weighted by molar-refractivity contribution is -0.160. The molecule has 5 heteroatoms. The Balaban J connectivity index is 3.91. The maximum Gasteiger partial charge on any atom is 0.375 e. The Labute approximate surface area is 58.0 Å². The van der Waals surface area contributed by atoms with E-state index in [1.807, 2.05) is 0 Å². The van der Waals surface area contributed by atoms with Crippen molar-refractivity contribution < 1.29 is 18.7 Å². The highest BCUT2D eigenvalue weighted by molar-refractivity contribution is 14.1. The fraction of sp³-hybridized carbons (Fsp3) is 0.667. The summed E-state index contributed by atoms with van der Waals surface area (Å²) in [5.74, 6) is -5.62. The van der Waals surface area contributed by atoms with Crippen molar-refractivity contribution >= 4 is 28.6 Å². The molecular weight excluding hydrogens is 233 g/mol. The quantitative estimate of drug-likeness (QED) is 0.576. The average molecular weight is 236 g/mol. The zero-order valence-electron chi connectivity index (χ0n) is 3.70. The van der Waals surface area contributed by atoms with Gasteiger partial charge in [-0.2, -0.15) is 8.78 Å². The number of aliphatic carboxylic acids is 1. The number of alkyl halides is 3. The number of halogens is 3. The maximum atomic E-state index is 11.7. The Morgan fingerprint density at radius 2 is 2.12 bits per heavy atom. The molecule has 0 bridgehead atoms. The first kappa shape index (κ1) is 8.06. The standard InChI is InChI=1S/C3H3F2IO2/c4-3(5,1-6)2(7)8/h1H2,(H,7,8). The smallest absolute Gasteiger partial charge is 0.375 e. The van der Waals surface area contributed by atoms with E-state index < -0.39 is 16.3 Å². The van der Waals surface area contributed by atoms with Crippen LogP contribution in [0.5, 0.6) is 0 Å². The van der Waals surface area contributed by atoms with E-state index >= 15 is 0 Å². The molecule has 0 radical (unpaired) electrons. The van der Waals surface area contributed by atoms with Crippen LogP contribution in [0.4, 0.5) is 8.78 Å². The van der Waals surface area contributed by atoms with Gasteiger partial charge in [-0.25, -0.2) is 4.79 Å². The molecule has 0 aromatic rings. The van der Waals surface area contributed by atoms with Gasteiger partial charge in [0, 0.05) is 0 Å². The van der Waals surface area contributed by atoms with Crippen LogP contribution in [-0.4, -0.2) is 21.4 Å². The summed E-state index contributed by atoms with van der Waals surface area (Å²) in [7, 11) is 0. The molecule has 0 unspecified atom stereocenters. The van der Waals surface area contributed by atoms with E-state index in [0.29, 0.717) is 0 Å². The fourth-order valence-corrected chi connectivity index (χ4v) is 0.383. The second kappa shape index (κ2) is 2.56. The average Bonchev–Trinajstić information content (AvgIpc) is 1.67. The van der Waals surface area contributed by atoms with E-state index in [-0.39, 0.29) is 0 Å². The largest absolute Gasteiger partial charge is 0.477 e. The number of carboxylic acids is 1. The summed E-state index contributed by atoms with van der Waals surface area (Å²) in [4.78, 5) is 9.50. The van der Waals surface area contributed by atoms with Crippen LogP contribution in [0.1, 0.15) is 0 Å². The molecule has 0 spiro atoms. The zero-order chi connectivity index (χ0) is 6.78. The Bertz CT molecular complexity index is 103. The second-order valence-corrected chi connectivity index (χ2v) is 1.91. The minimum atomic E-state index is -3.56. The molecule has 0 aliphatic heterocycles. The van der Waals surface area contributed by atoms with Gasteiger partial charge in [-0.05, 0) is 0 Å². The third-order valence-corrected chi connectivity index (χ3v) is 1.44. The minimum Gasteiger partial charge on any atom is -0.477 e. The van der Waals surface area contributed by atoms with Crippen molar-refractivity contribution in [2.75, 3.05) is 4.43 Å². The summed E-state index contributed by atoms with van der Waals surface area (Å²) in [5, 5.41) is 7.69. The van der Waals surface area contributed by atoms with Crippen molar-refractivity contribution in [1.29, 1.82) is 0 Å². The Morgan fingerprint density at radius 3 is 2.12 bits per heavy atom. The molecule has 0 aliphatic carbocycles. The molecule has 0 aromatic carbocycles. The lowest BCUT2D eigenvalue weighted by Crippen LogP contribution is -2.29. The van der Waals surface area contributed by atoms with Crippen molar-refractivity contribution in [3.8, 4) is 0 Å². The summed E-state index contributed by atoms with van der Waals surface area (Å²) in [6, 6.07) is 0. The van der Waals surface area contributed by atoms with Gasteiger partial charge in [0.2, 0.25) is 0 Å². The predicted octanol–water partition coefficient (Wildman–Crippen LogP) is 1.14. The van der Waals surface area contributed by atoms with E-state index in [1.54, 1.807) is 0 Å². The minimum absolute atomic E-state index is 0.680. The molecule has 2 nitrogen and oxygen atoms in total. The molecule has 0 saturated heterocycles. The lowest BCUT2D eigenvalue weighted by atomic mass is 10.4. The molecule has 1 N–H and O–H groups in total. The first-order chi connectivity index (χ1) is 3.50. The summed E-state index contributed by atoms with van der Waals surface area (Å²) in [5.41, 5.74) is 0. The number of hydrogen-bond acceptors (Lipinski definition) is 1. The van der Waals surface area contributed by atoms with Gasteiger partial charge in [-0.3, -0.25) is 0 Å². The lowest BCUT2D eigenvalue weighted by Gasteiger charge is -2.03. The predicted molar refractivity (Wildman–Crippen MR) is 31.5 cm³/mol. The summed E-state index contributed by atoms with van der Waals surface area (Å²) in [6.07, 6.45) is 0. The van der Waals surface area contributed by atoms with Crippen LogP contribution in [0.2, 0.25) is 0 Å². The summed E-state index contributed by atoms with van der Waals surface area (Å²) < 4.78 is 22.7. The van der Waals surface area contributed by atoms with Crippen molar-refractivity contribution in [3.63, 3.8) is 0 Å². The molecule has 8 heavy (non-hydrogen) atoms. The number of carbonyl (C=O) groups is 1. The van der Waals surface area contributed by atoms with E-state index in [9.17, 15) is 13.6 Å². The highest BCUT2D eigenvalue weighted by Crippen LogP contribution is 2.15. The summed E-state index contributed by atoms with van der Waals surface area (Å²) in [6.45, 7) is 0. The van der Waals surface area contributed by atoms with Gasteiger partial charge in [0.05, 0.1) is 4.43 Å². The fourth-order valence-electron chi connectivity index (χ4n) is 0.0572. The van der Waals surface area contributed by atoms with Crippen molar-refractivity contribution in [1.82, 2.24) is 0 Å². The second-order valence-electron chi connectivity index (χ2n) is 1.14. The Hall–Kier alpha value is 0.0600. The number of carboxylic acid groups (broad SMARTS) is 1. The van der Waals surface area contributed by atoms with E-state index in [2.05, 4.69) is 0 Å². The molecule has 0 amide bonds. The number of rotatable bonds is 2. The molecule has 0 rings (SSSR count). The summed E-state index contributed by atoms with van der Waals surface area (Å²) >= 11 is 1.31. The third-order valence-electron chi connectivity index (χ3n) is 0.481. The Morgan fingerprint density at radius 1 is 1.75 bits per heavy atom. The highest BCUT2D eigenvalue weighted by Gasteiger charge is 2.36. The van der Waals surface area contributed by atoms with Crippen LogP contribution in [0.15, 0.2) is 0 Å². The van der Waals surface area contributed by atoms with Crippen molar-refractivity contribution in [2.45, 2.75) is 5.92 Å². The molecule has 0 atom stereocenters. The van der Waals surface area contributed by atoms with Crippen LogP contribution < -0.4 is 0 Å². The molecule has 0 fully saturated rings. The van der Waals surface area contributed by atoms with Crippen LogP contribution >= 0.6 is 22.6 Å². The highest BCUT2D eigenvalue weighted by atomic mass is 127. The normalized spacial score (nSPS) is 11.4. The van der Waals surface area contributed by atoms with Gasteiger partial charge in [0.25, 0.3) is 0 Å². The van der Waals surface area contributed by atoms with Crippen LogP contribution in [0.25, 0.3) is 0 Å². The van der Waals surface area contributed by atoms with E-state index in [1.165, 1.54) is 22.6 Å².